The lowest BCUT2D eigenvalue weighted by Crippen LogP contribution is -2.87. The highest BCUT2D eigenvalue weighted by atomic mass is 79.9. The van der Waals surface area contributed by atoms with Gasteiger partial charge < -0.3 is 15.4 Å². The van der Waals surface area contributed by atoms with Gasteiger partial charge in [0.1, 0.15) is 11.8 Å². The summed E-state index contributed by atoms with van der Waals surface area (Å²) in [5.41, 5.74) is 1.18. The van der Waals surface area contributed by atoms with Crippen molar-refractivity contribution in [2.45, 2.75) is 51.1 Å². The summed E-state index contributed by atoms with van der Waals surface area (Å²) in [6.07, 6.45) is 6.05. The van der Waals surface area contributed by atoms with Gasteiger partial charge in [0, 0.05) is 11.6 Å². The predicted molar refractivity (Wildman–Crippen MR) is 90.9 cm³/mol. The first kappa shape index (κ1) is 17.3. The van der Waals surface area contributed by atoms with Crippen LogP contribution in [0.5, 0.6) is 5.75 Å². The summed E-state index contributed by atoms with van der Waals surface area (Å²) in [5, 5.41) is 5.23. The number of benzene rings is 1. The number of halogens is 1. The van der Waals surface area contributed by atoms with Gasteiger partial charge in [-0.3, -0.25) is 4.79 Å². The maximum absolute atomic E-state index is 12.0. The molecule has 0 radical (unpaired) electrons. The van der Waals surface area contributed by atoms with Crippen LogP contribution >= 0.6 is 15.9 Å². The van der Waals surface area contributed by atoms with E-state index in [1.165, 1.54) is 24.8 Å². The number of carbonyl (C=O) groups excluding carboxylic acids is 1. The Labute approximate surface area is 141 Å². The molecule has 5 heteroatoms. The van der Waals surface area contributed by atoms with Crippen molar-refractivity contribution in [3.05, 3.63) is 28.2 Å². The highest BCUT2D eigenvalue weighted by Crippen LogP contribution is 2.27. The van der Waals surface area contributed by atoms with E-state index >= 15 is 0 Å². The van der Waals surface area contributed by atoms with Crippen LogP contribution in [0, 0.1) is 0 Å². The smallest absolute Gasteiger partial charge is 0.275 e. The van der Waals surface area contributed by atoms with Crippen molar-refractivity contribution in [1.29, 1.82) is 0 Å². The third kappa shape index (κ3) is 4.99. The number of nitrogens with one attached hydrogen (secondary N) is 1. The SMILES string of the molecule is COc1ccc([C@H](C)[NH2+]CC(=O)NC2CCCCC2)cc1Br. The first-order valence-corrected chi connectivity index (χ1v) is 8.85. The highest BCUT2D eigenvalue weighted by Gasteiger charge is 2.18. The summed E-state index contributed by atoms with van der Waals surface area (Å²) in [6.45, 7) is 2.59. The number of hydrogen-bond donors (Lipinski definition) is 2. The molecule has 3 N–H and O–H groups in total. The van der Waals surface area contributed by atoms with E-state index in [1.807, 2.05) is 12.1 Å². The third-order valence-corrected chi connectivity index (χ3v) is 4.95. The monoisotopic (exact) mass is 369 g/mol. The van der Waals surface area contributed by atoms with Crippen molar-refractivity contribution in [3.63, 3.8) is 0 Å². The minimum atomic E-state index is 0.145. The van der Waals surface area contributed by atoms with Gasteiger partial charge in [-0.05, 0) is 53.9 Å². The zero-order valence-corrected chi connectivity index (χ0v) is 15.0. The largest absolute Gasteiger partial charge is 0.496 e. The van der Waals surface area contributed by atoms with E-state index < -0.39 is 0 Å². The van der Waals surface area contributed by atoms with Crippen LogP contribution in [0.15, 0.2) is 22.7 Å². The fourth-order valence-corrected chi connectivity index (χ4v) is 3.48. The molecule has 0 saturated heterocycles. The number of carbonyl (C=O) groups is 1. The highest BCUT2D eigenvalue weighted by molar-refractivity contribution is 9.10. The summed E-state index contributed by atoms with van der Waals surface area (Å²) in [5.74, 6) is 0.970. The number of amides is 1. The van der Waals surface area contributed by atoms with Crippen molar-refractivity contribution in [2.24, 2.45) is 0 Å². The van der Waals surface area contributed by atoms with Crippen LogP contribution in [-0.2, 0) is 4.79 Å². The number of hydrogen-bond acceptors (Lipinski definition) is 2. The van der Waals surface area contributed by atoms with Gasteiger partial charge in [0.25, 0.3) is 5.91 Å². The minimum absolute atomic E-state index is 0.145. The molecule has 1 fully saturated rings. The second-order valence-electron chi connectivity index (χ2n) is 6.02. The molecule has 1 aliphatic carbocycles. The molecular weight excluding hydrogens is 344 g/mol. The van der Waals surface area contributed by atoms with Crippen molar-refractivity contribution >= 4 is 21.8 Å². The summed E-state index contributed by atoms with van der Waals surface area (Å²) in [4.78, 5) is 12.0. The summed E-state index contributed by atoms with van der Waals surface area (Å²) < 4.78 is 6.19. The first-order valence-electron chi connectivity index (χ1n) is 8.06. The lowest BCUT2D eigenvalue weighted by molar-refractivity contribution is -0.682. The molecular formula is C17H26BrN2O2+. The zero-order chi connectivity index (χ0) is 15.9. The molecule has 122 valence electrons. The molecule has 0 aromatic heterocycles. The molecule has 1 aromatic rings. The van der Waals surface area contributed by atoms with Gasteiger partial charge in [-0.25, -0.2) is 0 Å². The fraction of sp³-hybridized carbons (Fsp3) is 0.588. The fourth-order valence-electron chi connectivity index (χ4n) is 2.92. The molecule has 1 aromatic carbocycles. The second-order valence-corrected chi connectivity index (χ2v) is 6.88. The molecule has 1 aliphatic rings. The molecule has 1 atom stereocenters. The van der Waals surface area contributed by atoms with Crippen molar-refractivity contribution in [3.8, 4) is 5.75 Å². The van der Waals surface area contributed by atoms with E-state index in [2.05, 4.69) is 39.6 Å². The Morgan fingerprint density at radius 3 is 2.77 bits per heavy atom. The van der Waals surface area contributed by atoms with Crippen LogP contribution < -0.4 is 15.4 Å². The van der Waals surface area contributed by atoms with Gasteiger partial charge in [-0.1, -0.05) is 19.3 Å². The molecule has 0 unspecified atom stereocenters. The number of methoxy groups -OCH3 is 1. The van der Waals surface area contributed by atoms with Crippen molar-refractivity contribution in [2.75, 3.05) is 13.7 Å². The molecule has 0 spiro atoms. The average molecular weight is 370 g/mol. The van der Waals surface area contributed by atoms with E-state index in [-0.39, 0.29) is 11.9 Å². The summed E-state index contributed by atoms with van der Waals surface area (Å²) in [7, 11) is 1.66. The number of ether oxygens (including phenoxy) is 1. The molecule has 1 saturated carbocycles. The van der Waals surface area contributed by atoms with Crippen LogP contribution in [0.3, 0.4) is 0 Å². The van der Waals surface area contributed by atoms with Crippen LogP contribution in [0.25, 0.3) is 0 Å². The first-order chi connectivity index (χ1) is 10.6. The Morgan fingerprint density at radius 2 is 2.14 bits per heavy atom. The van der Waals surface area contributed by atoms with Crippen LogP contribution in [0.2, 0.25) is 0 Å². The second kappa shape index (κ2) is 8.53. The number of rotatable bonds is 6. The molecule has 0 bridgehead atoms. The van der Waals surface area contributed by atoms with Gasteiger partial charge in [0.15, 0.2) is 6.54 Å². The van der Waals surface area contributed by atoms with Crippen molar-refractivity contribution < 1.29 is 14.8 Å². The zero-order valence-electron chi connectivity index (χ0n) is 13.4. The maximum atomic E-state index is 12.0. The van der Waals surface area contributed by atoms with Gasteiger partial charge in [0.05, 0.1) is 11.6 Å². The van der Waals surface area contributed by atoms with E-state index in [0.29, 0.717) is 12.6 Å². The molecule has 2 rings (SSSR count). The van der Waals surface area contributed by atoms with E-state index in [1.54, 1.807) is 7.11 Å². The van der Waals surface area contributed by atoms with Gasteiger partial charge >= 0.3 is 0 Å². The van der Waals surface area contributed by atoms with Gasteiger partial charge in [-0.15, -0.1) is 0 Å². The Bertz CT molecular complexity index is 501. The number of nitrogens with two attached hydrogens (primary N) is 1. The minimum Gasteiger partial charge on any atom is -0.496 e. The standard InChI is InChI=1S/C17H25BrN2O2/c1-12(13-8-9-16(22-2)15(18)10-13)19-11-17(21)20-14-6-4-3-5-7-14/h8-10,12,14,19H,3-7,11H2,1-2H3,(H,20,21)/p+1/t12-/m0/s1. The Balaban J connectivity index is 1.80. The summed E-state index contributed by atoms with van der Waals surface area (Å²) in [6, 6.07) is 6.67. The Kier molecular flexibility index (Phi) is 6.70. The molecule has 22 heavy (non-hydrogen) atoms. The molecule has 0 aliphatic heterocycles. The predicted octanol–water partition coefficient (Wildman–Crippen LogP) is 2.53. The lowest BCUT2D eigenvalue weighted by atomic mass is 9.95. The Hall–Kier alpha value is -1.07. The van der Waals surface area contributed by atoms with Crippen LogP contribution in [-0.4, -0.2) is 25.6 Å². The normalized spacial score (nSPS) is 17.0. The van der Waals surface area contributed by atoms with E-state index in [0.717, 1.165) is 23.1 Å². The Morgan fingerprint density at radius 1 is 1.41 bits per heavy atom. The average Bonchev–Trinajstić information content (AvgIpc) is 2.53. The lowest BCUT2D eigenvalue weighted by Gasteiger charge is -2.22. The summed E-state index contributed by atoms with van der Waals surface area (Å²) >= 11 is 3.50. The van der Waals surface area contributed by atoms with E-state index in [9.17, 15) is 4.79 Å². The van der Waals surface area contributed by atoms with E-state index in [4.69, 9.17) is 4.74 Å². The van der Waals surface area contributed by atoms with Gasteiger partial charge in [0.2, 0.25) is 0 Å². The van der Waals surface area contributed by atoms with Crippen molar-refractivity contribution in [1.82, 2.24) is 5.32 Å². The quantitative estimate of drug-likeness (QED) is 0.809. The van der Waals surface area contributed by atoms with Gasteiger partial charge in [-0.2, -0.15) is 0 Å². The molecule has 4 nitrogen and oxygen atoms in total. The van der Waals surface area contributed by atoms with Crippen LogP contribution in [0.4, 0.5) is 0 Å². The topological polar surface area (TPSA) is 54.9 Å². The molecule has 0 heterocycles. The maximum Gasteiger partial charge on any atom is 0.275 e. The number of quaternary nitrogens is 1. The third-order valence-electron chi connectivity index (χ3n) is 4.33. The molecule has 1 amide bonds. The van der Waals surface area contributed by atoms with Crippen LogP contribution in [0.1, 0.15) is 50.6 Å².